The third-order valence-corrected chi connectivity index (χ3v) is 3.29. The lowest BCUT2D eigenvalue weighted by atomic mass is 10.1. The number of rotatable bonds is 2. The van der Waals surface area contributed by atoms with Gasteiger partial charge in [-0.3, -0.25) is 0 Å². The highest BCUT2D eigenvalue weighted by atomic mass is 127. The van der Waals surface area contributed by atoms with Gasteiger partial charge in [-0.25, -0.2) is 4.79 Å². The molecule has 1 aliphatic heterocycles. The molecule has 0 N–H and O–H groups in total. The summed E-state index contributed by atoms with van der Waals surface area (Å²) in [5.41, 5.74) is 0. The van der Waals surface area contributed by atoms with Gasteiger partial charge in [-0.1, -0.05) is 0 Å². The van der Waals surface area contributed by atoms with Crippen LogP contribution in [0.4, 0.5) is 0 Å². The van der Waals surface area contributed by atoms with Crippen LogP contribution in [0.25, 0.3) is 0 Å². The zero-order valence-corrected chi connectivity index (χ0v) is 11.3. The quantitative estimate of drug-likeness (QED) is 0.614. The summed E-state index contributed by atoms with van der Waals surface area (Å²) >= 11 is 2.03. The second-order valence-corrected chi connectivity index (χ2v) is 5.07. The molecule has 0 spiro atoms. The first-order valence-electron chi connectivity index (χ1n) is 5.30. The van der Waals surface area contributed by atoms with Crippen molar-refractivity contribution in [3.05, 3.63) is 21.7 Å². The molecule has 2 heterocycles. The van der Waals surface area contributed by atoms with Crippen LogP contribution in [-0.4, -0.2) is 37.1 Å². The molecule has 1 aromatic heterocycles. The van der Waals surface area contributed by atoms with Gasteiger partial charge >= 0.3 is 5.97 Å². The molecule has 0 atom stereocenters. The van der Waals surface area contributed by atoms with Gasteiger partial charge in [0.05, 0.1) is 0 Å². The predicted molar refractivity (Wildman–Crippen MR) is 67.4 cm³/mol. The lowest BCUT2D eigenvalue weighted by Crippen LogP contribution is -2.35. The number of ether oxygens (including phenoxy) is 1. The second kappa shape index (κ2) is 5.18. The average molecular weight is 335 g/mol. The number of nitrogens with zero attached hydrogens (tertiary/aromatic N) is 1. The fourth-order valence-corrected chi connectivity index (χ4v) is 2.15. The summed E-state index contributed by atoms with van der Waals surface area (Å²) in [5, 5.41) is 0. The molecular weight excluding hydrogens is 321 g/mol. The molecule has 0 bridgehead atoms. The Balaban J connectivity index is 1.88. The molecule has 0 saturated carbocycles. The molecule has 1 saturated heterocycles. The van der Waals surface area contributed by atoms with E-state index in [9.17, 15) is 4.79 Å². The van der Waals surface area contributed by atoms with E-state index >= 15 is 0 Å². The van der Waals surface area contributed by atoms with Gasteiger partial charge in [-0.05, 0) is 54.6 Å². The van der Waals surface area contributed by atoms with Crippen LogP contribution in [0.3, 0.4) is 0 Å². The molecular formula is C11H14INO3. The number of carbonyl (C=O) groups is 1. The van der Waals surface area contributed by atoms with E-state index in [1.807, 2.05) is 22.6 Å². The minimum atomic E-state index is -0.350. The van der Waals surface area contributed by atoms with Crippen molar-refractivity contribution in [2.75, 3.05) is 20.1 Å². The largest absolute Gasteiger partial charge is 0.456 e. The number of hydrogen-bond acceptors (Lipinski definition) is 4. The van der Waals surface area contributed by atoms with Crippen LogP contribution in [0, 0.1) is 3.77 Å². The first-order chi connectivity index (χ1) is 7.65. The molecule has 4 nitrogen and oxygen atoms in total. The highest BCUT2D eigenvalue weighted by Crippen LogP contribution is 2.16. The lowest BCUT2D eigenvalue weighted by Gasteiger charge is -2.28. The molecule has 1 fully saturated rings. The monoisotopic (exact) mass is 335 g/mol. The predicted octanol–water partition coefficient (Wildman–Crippen LogP) is 2.14. The standard InChI is InChI=1S/C11H14INO3/c1-13-6-4-8(5-7-13)15-11(14)9-2-3-10(12)16-9/h2-3,8H,4-7H2,1H3. The van der Waals surface area contributed by atoms with E-state index in [4.69, 9.17) is 9.15 Å². The van der Waals surface area contributed by atoms with E-state index in [1.54, 1.807) is 12.1 Å². The summed E-state index contributed by atoms with van der Waals surface area (Å²) < 4.78 is 11.3. The molecule has 0 unspecified atom stereocenters. The van der Waals surface area contributed by atoms with Crippen molar-refractivity contribution < 1.29 is 13.9 Å². The summed E-state index contributed by atoms with van der Waals surface area (Å²) in [6, 6.07) is 3.41. The minimum Gasteiger partial charge on any atom is -0.456 e. The number of halogens is 1. The van der Waals surface area contributed by atoms with Gasteiger partial charge in [-0.2, -0.15) is 0 Å². The third kappa shape index (κ3) is 2.98. The van der Waals surface area contributed by atoms with Crippen LogP contribution in [0.2, 0.25) is 0 Å². The molecule has 5 heteroatoms. The van der Waals surface area contributed by atoms with Crippen LogP contribution in [0.1, 0.15) is 23.4 Å². The number of hydrogen-bond donors (Lipinski definition) is 0. The number of piperidine rings is 1. The van der Waals surface area contributed by atoms with Crippen molar-refractivity contribution in [1.29, 1.82) is 0 Å². The highest BCUT2D eigenvalue weighted by Gasteiger charge is 2.22. The van der Waals surface area contributed by atoms with Gasteiger partial charge in [0.25, 0.3) is 0 Å². The van der Waals surface area contributed by atoms with Crippen LogP contribution in [0.5, 0.6) is 0 Å². The summed E-state index contributed by atoms with van der Waals surface area (Å²) in [6.45, 7) is 1.96. The van der Waals surface area contributed by atoms with Gasteiger partial charge in [0.2, 0.25) is 5.76 Å². The second-order valence-electron chi connectivity index (χ2n) is 4.01. The van der Waals surface area contributed by atoms with Crippen LogP contribution in [0.15, 0.2) is 16.5 Å². The average Bonchev–Trinajstić information content (AvgIpc) is 2.68. The number of carbonyl (C=O) groups excluding carboxylic acids is 1. The van der Waals surface area contributed by atoms with Gasteiger partial charge < -0.3 is 14.1 Å². The first kappa shape index (κ1) is 11.9. The maximum absolute atomic E-state index is 11.7. The molecule has 2 rings (SSSR count). The molecule has 16 heavy (non-hydrogen) atoms. The Morgan fingerprint density at radius 3 is 2.75 bits per heavy atom. The van der Waals surface area contributed by atoms with Crippen molar-refractivity contribution >= 4 is 28.6 Å². The van der Waals surface area contributed by atoms with Crippen LogP contribution in [-0.2, 0) is 4.74 Å². The molecule has 0 aromatic carbocycles. The SMILES string of the molecule is CN1CCC(OC(=O)c2ccc(I)o2)CC1. The maximum Gasteiger partial charge on any atom is 0.374 e. The van der Waals surface area contributed by atoms with E-state index in [-0.39, 0.29) is 12.1 Å². The number of likely N-dealkylation sites (tertiary alicyclic amines) is 1. The molecule has 0 amide bonds. The summed E-state index contributed by atoms with van der Waals surface area (Å²) in [7, 11) is 2.08. The molecule has 1 aromatic rings. The van der Waals surface area contributed by atoms with Crippen molar-refractivity contribution in [1.82, 2.24) is 4.90 Å². The van der Waals surface area contributed by atoms with Crippen molar-refractivity contribution in [2.24, 2.45) is 0 Å². The Morgan fingerprint density at radius 2 is 2.19 bits per heavy atom. The van der Waals surface area contributed by atoms with E-state index in [1.165, 1.54) is 0 Å². The fraction of sp³-hybridized carbons (Fsp3) is 0.545. The van der Waals surface area contributed by atoms with Gasteiger partial charge in [-0.15, -0.1) is 0 Å². The highest BCUT2D eigenvalue weighted by molar-refractivity contribution is 14.1. The van der Waals surface area contributed by atoms with Gasteiger partial charge in [0.15, 0.2) is 3.77 Å². The zero-order chi connectivity index (χ0) is 11.5. The van der Waals surface area contributed by atoms with Crippen molar-refractivity contribution in [3.8, 4) is 0 Å². The fourth-order valence-electron chi connectivity index (χ4n) is 1.74. The van der Waals surface area contributed by atoms with E-state index in [0.29, 0.717) is 9.53 Å². The zero-order valence-electron chi connectivity index (χ0n) is 9.11. The Morgan fingerprint density at radius 1 is 1.50 bits per heavy atom. The Kier molecular flexibility index (Phi) is 3.86. The van der Waals surface area contributed by atoms with E-state index in [2.05, 4.69) is 11.9 Å². The van der Waals surface area contributed by atoms with E-state index in [0.717, 1.165) is 25.9 Å². The number of esters is 1. The first-order valence-corrected chi connectivity index (χ1v) is 6.38. The lowest BCUT2D eigenvalue weighted by molar-refractivity contribution is 0.0106. The van der Waals surface area contributed by atoms with Crippen LogP contribution < -0.4 is 0 Å². The van der Waals surface area contributed by atoms with Crippen LogP contribution >= 0.6 is 22.6 Å². The van der Waals surface area contributed by atoms with Gasteiger partial charge in [0, 0.05) is 13.1 Å². The maximum atomic E-state index is 11.7. The van der Waals surface area contributed by atoms with Gasteiger partial charge in [0.1, 0.15) is 6.10 Å². The summed E-state index contributed by atoms with van der Waals surface area (Å²) in [6.07, 6.45) is 1.84. The van der Waals surface area contributed by atoms with Crippen molar-refractivity contribution in [3.63, 3.8) is 0 Å². The summed E-state index contributed by atoms with van der Waals surface area (Å²) in [5.74, 6) is -0.0548. The molecule has 88 valence electrons. The number of furan rings is 1. The summed E-state index contributed by atoms with van der Waals surface area (Å²) in [4.78, 5) is 13.9. The minimum absolute atomic E-state index is 0.0338. The van der Waals surface area contributed by atoms with Crippen molar-refractivity contribution in [2.45, 2.75) is 18.9 Å². The Bertz CT molecular complexity index is 369. The molecule has 0 radical (unpaired) electrons. The normalized spacial score (nSPS) is 18.6. The smallest absolute Gasteiger partial charge is 0.374 e. The topological polar surface area (TPSA) is 42.7 Å². The Hall–Kier alpha value is -0.560. The third-order valence-electron chi connectivity index (χ3n) is 2.71. The molecule has 0 aliphatic carbocycles. The van der Waals surface area contributed by atoms with E-state index < -0.39 is 0 Å². The Labute approximate surface area is 108 Å². The molecule has 1 aliphatic rings.